The molecule has 0 saturated heterocycles. The van der Waals surface area contributed by atoms with Gasteiger partial charge in [0, 0.05) is 16.7 Å². The molecule has 0 aliphatic heterocycles. The molecular weight excluding hydrogens is 576 g/mol. The molecule has 0 fully saturated rings. The molecule has 0 aromatic heterocycles. The van der Waals surface area contributed by atoms with Crippen molar-refractivity contribution in [3.63, 3.8) is 0 Å². The van der Waals surface area contributed by atoms with Crippen molar-refractivity contribution in [2.24, 2.45) is 0 Å². The highest BCUT2D eigenvalue weighted by Crippen LogP contribution is 2.22. The van der Waals surface area contributed by atoms with Crippen molar-refractivity contribution in [1.29, 1.82) is 0 Å². The molecule has 1 rings (SSSR count). The lowest BCUT2D eigenvalue weighted by Gasteiger charge is -2.28. The molecule has 2 unspecified atom stereocenters. The predicted molar refractivity (Wildman–Crippen MR) is 161 cm³/mol. The fourth-order valence-electron chi connectivity index (χ4n) is 3.36. The number of carbonyl (C=O) groups excluding carboxylic acids is 3. The molecular formula is C32H48O12. The van der Waals surface area contributed by atoms with E-state index in [9.17, 15) is 14.4 Å². The lowest BCUT2D eigenvalue weighted by atomic mass is 9.96. The quantitative estimate of drug-likeness (QED) is 0.0511. The summed E-state index contributed by atoms with van der Waals surface area (Å²) in [6.45, 7) is 19.5. The zero-order valence-corrected chi connectivity index (χ0v) is 26.8. The van der Waals surface area contributed by atoms with Crippen molar-refractivity contribution in [1.82, 2.24) is 0 Å². The van der Waals surface area contributed by atoms with Gasteiger partial charge >= 0.3 is 11.9 Å². The summed E-state index contributed by atoms with van der Waals surface area (Å²) in [6, 6.07) is 6.77. The van der Waals surface area contributed by atoms with Crippen LogP contribution in [-0.4, -0.2) is 102 Å². The van der Waals surface area contributed by atoms with Crippen LogP contribution in [0.2, 0.25) is 0 Å². The second-order valence-electron chi connectivity index (χ2n) is 10.1. The molecule has 0 N–H and O–H groups in total. The lowest BCUT2D eigenvalue weighted by Crippen LogP contribution is -2.39. The molecule has 0 aliphatic carbocycles. The Bertz CT molecular complexity index is 1030. The van der Waals surface area contributed by atoms with Crippen LogP contribution in [0.25, 0.3) is 0 Å². The van der Waals surface area contributed by atoms with Crippen molar-refractivity contribution in [3.05, 3.63) is 54.1 Å². The van der Waals surface area contributed by atoms with E-state index in [1.165, 1.54) is 0 Å². The number of rotatable bonds is 25. The minimum absolute atomic E-state index is 0.127. The molecule has 0 amide bonds. The maximum atomic E-state index is 13.1. The molecule has 12 nitrogen and oxygen atoms in total. The van der Waals surface area contributed by atoms with Gasteiger partial charge < -0.3 is 42.6 Å². The normalized spacial score (nSPS) is 12.7. The van der Waals surface area contributed by atoms with E-state index in [1.54, 1.807) is 65.8 Å². The molecule has 0 heterocycles. The number of hydrogen-bond donors (Lipinski definition) is 0. The zero-order valence-electron chi connectivity index (χ0n) is 26.8. The van der Waals surface area contributed by atoms with E-state index in [1.807, 2.05) is 0 Å². The Morgan fingerprint density at radius 2 is 1.09 bits per heavy atom. The van der Waals surface area contributed by atoms with E-state index in [0.717, 1.165) is 0 Å². The van der Waals surface area contributed by atoms with Gasteiger partial charge in [-0.25, -0.2) is 9.59 Å². The molecule has 0 radical (unpaired) electrons. The van der Waals surface area contributed by atoms with Gasteiger partial charge in [-0.3, -0.25) is 4.79 Å². The Kier molecular flexibility index (Phi) is 19.0. The summed E-state index contributed by atoms with van der Waals surface area (Å²) in [6.07, 6.45) is -1.11. The van der Waals surface area contributed by atoms with Crippen molar-refractivity contribution in [3.8, 4) is 5.75 Å². The molecule has 0 spiro atoms. The molecule has 0 aliphatic rings. The lowest BCUT2D eigenvalue weighted by molar-refractivity contribution is -0.180. The second-order valence-corrected chi connectivity index (χ2v) is 10.1. The minimum Gasteiger partial charge on any atom is -0.491 e. The molecule has 44 heavy (non-hydrogen) atoms. The van der Waals surface area contributed by atoms with E-state index in [2.05, 4.69) is 13.2 Å². The van der Waals surface area contributed by atoms with Crippen molar-refractivity contribution in [2.75, 3.05) is 66.1 Å². The molecule has 0 saturated carbocycles. The average Bonchev–Trinajstić information content (AvgIpc) is 2.97. The Balaban J connectivity index is 2.22. The summed E-state index contributed by atoms with van der Waals surface area (Å²) < 4.78 is 48.8. The Morgan fingerprint density at radius 1 is 0.659 bits per heavy atom. The Morgan fingerprint density at radius 3 is 1.57 bits per heavy atom. The van der Waals surface area contributed by atoms with Crippen LogP contribution in [0, 0.1) is 0 Å². The number of hydrogen-bond acceptors (Lipinski definition) is 12. The molecule has 12 heteroatoms. The first-order chi connectivity index (χ1) is 20.8. The van der Waals surface area contributed by atoms with Crippen LogP contribution in [-0.2, 0) is 47.5 Å². The van der Waals surface area contributed by atoms with Gasteiger partial charge in [0.25, 0.3) is 0 Å². The molecule has 1 aromatic carbocycles. The fraction of sp³-hybridized carbons (Fsp3) is 0.594. The topological polar surface area (TPSA) is 134 Å². The highest BCUT2D eigenvalue weighted by molar-refractivity contribution is 6.02. The number of ether oxygens (including phenoxy) is 9. The monoisotopic (exact) mass is 624 g/mol. The van der Waals surface area contributed by atoms with E-state index in [4.69, 9.17) is 42.6 Å². The summed E-state index contributed by atoms with van der Waals surface area (Å²) in [5, 5.41) is 0. The molecule has 248 valence electrons. The third kappa shape index (κ3) is 17.2. The number of Topliss-reactive ketones (excluding diaryl/α,β-unsaturated/α-hetero) is 1. The Hall–Kier alpha value is -3.13. The van der Waals surface area contributed by atoms with Crippen molar-refractivity contribution < 1.29 is 57.0 Å². The van der Waals surface area contributed by atoms with Gasteiger partial charge in [-0.1, -0.05) is 13.2 Å². The first-order valence-corrected chi connectivity index (χ1v) is 14.4. The summed E-state index contributed by atoms with van der Waals surface area (Å²) in [5.74, 6) is -0.519. The van der Waals surface area contributed by atoms with E-state index >= 15 is 0 Å². The van der Waals surface area contributed by atoms with Crippen LogP contribution in [0.3, 0.4) is 0 Å². The number of esters is 2. The van der Waals surface area contributed by atoms with Gasteiger partial charge in [0.05, 0.1) is 46.2 Å². The van der Waals surface area contributed by atoms with Gasteiger partial charge in [-0.15, -0.1) is 0 Å². The maximum absolute atomic E-state index is 13.1. The van der Waals surface area contributed by atoms with E-state index in [0.29, 0.717) is 48.9 Å². The highest BCUT2D eigenvalue weighted by atomic mass is 16.7. The predicted octanol–water partition coefficient (Wildman–Crippen LogP) is 4.06. The number of carbonyl (C=O) groups is 3. The third-order valence-electron chi connectivity index (χ3n) is 5.61. The molecule has 2 atom stereocenters. The van der Waals surface area contributed by atoms with Gasteiger partial charge in [-0.2, -0.15) is 0 Å². The standard InChI is InChI=1S/C32H48O12/c1-23(2)30(34)42-19-15-36-13-17-38-25(5)39-21-22-41-28-11-9-27(10-12-28)29(33)32(7,8)44-26(6)40-18-14-37-16-20-43-31(35)24(3)4/h9-12,25-26H,1,3,13-22H2,2,4-8H3. The largest absolute Gasteiger partial charge is 0.491 e. The van der Waals surface area contributed by atoms with Crippen LogP contribution in [0.5, 0.6) is 5.75 Å². The van der Waals surface area contributed by atoms with Crippen molar-refractivity contribution in [2.45, 2.75) is 59.7 Å². The van der Waals surface area contributed by atoms with Crippen LogP contribution in [0.4, 0.5) is 0 Å². The number of benzene rings is 1. The average molecular weight is 625 g/mol. The van der Waals surface area contributed by atoms with E-state index in [-0.39, 0.29) is 45.4 Å². The van der Waals surface area contributed by atoms with Crippen LogP contribution < -0.4 is 4.74 Å². The van der Waals surface area contributed by atoms with E-state index < -0.39 is 30.1 Å². The molecule has 0 bridgehead atoms. The first-order valence-electron chi connectivity index (χ1n) is 14.4. The van der Waals surface area contributed by atoms with Gasteiger partial charge in [0.15, 0.2) is 18.4 Å². The van der Waals surface area contributed by atoms with Gasteiger partial charge in [0.2, 0.25) is 0 Å². The van der Waals surface area contributed by atoms with Crippen LogP contribution in [0.15, 0.2) is 48.6 Å². The summed E-state index contributed by atoms with van der Waals surface area (Å²) in [5.41, 5.74) is 0.0116. The summed E-state index contributed by atoms with van der Waals surface area (Å²) in [7, 11) is 0. The smallest absolute Gasteiger partial charge is 0.333 e. The first kappa shape index (κ1) is 38.9. The van der Waals surface area contributed by atoms with Gasteiger partial charge in [0.1, 0.15) is 31.2 Å². The number of ketones is 1. The summed E-state index contributed by atoms with van der Waals surface area (Å²) in [4.78, 5) is 35.6. The van der Waals surface area contributed by atoms with Crippen molar-refractivity contribution >= 4 is 17.7 Å². The molecule has 1 aromatic rings. The Labute approximate surface area is 260 Å². The van der Waals surface area contributed by atoms with Gasteiger partial charge in [-0.05, 0) is 65.8 Å². The van der Waals surface area contributed by atoms with Crippen LogP contribution >= 0.6 is 0 Å². The van der Waals surface area contributed by atoms with Crippen LogP contribution in [0.1, 0.15) is 51.9 Å². The third-order valence-corrected chi connectivity index (χ3v) is 5.61. The SMILES string of the molecule is C=C(C)C(=O)OCCOCCOC(C)OCCOc1ccc(C(=O)C(C)(C)OC(C)OCCOCCOC(=O)C(=C)C)cc1. The second kappa shape index (κ2) is 21.6. The highest BCUT2D eigenvalue weighted by Gasteiger charge is 2.31. The zero-order chi connectivity index (χ0) is 33.0. The minimum atomic E-state index is -1.13. The fourth-order valence-corrected chi connectivity index (χ4v) is 3.36. The maximum Gasteiger partial charge on any atom is 0.333 e. The summed E-state index contributed by atoms with van der Waals surface area (Å²) >= 11 is 0.